The predicted octanol–water partition coefficient (Wildman–Crippen LogP) is 4.87. The zero-order valence-electron chi connectivity index (χ0n) is 13.8. The van der Waals surface area contributed by atoms with Gasteiger partial charge < -0.3 is 4.57 Å². The number of amides is 1. The third kappa shape index (κ3) is 3.90. The molecule has 1 aliphatic rings. The second-order valence-corrected chi connectivity index (χ2v) is 7.12. The molecule has 0 atom stereocenters. The van der Waals surface area contributed by atoms with Crippen molar-refractivity contribution in [1.29, 1.82) is 0 Å². The van der Waals surface area contributed by atoms with Crippen molar-refractivity contribution < 1.29 is 22.4 Å². The average Bonchev–Trinajstić information content (AvgIpc) is 3.37. The van der Waals surface area contributed by atoms with Gasteiger partial charge in [0, 0.05) is 16.7 Å². The second-order valence-electron chi connectivity index (χ2n) is 6.26. The van der Waals surface area contributed by atoms with E-state index in [9.17, 15) is 22.4 Å². The maximum Gasteiger partial charge on any atom is 0.419 e. The van der Waals surface area contributed by atoms with Gasteiger partial charge in [-0.05, 0) is 65.9 Å². The summed E-state index contributed by atoms with van der Waals surface area (Å²) in [6.07, 6.45) is -2.72. The van der Waals surface area contributed by atoms with E-state index in [1.165, 1.54) is 0 Å². The highest BCUT2D eigenvalue weighted by Gasteiger charge is 2.35. The first-order valence-electron chi connectivity index (χ1n) is 7.99. The van der Waals surface area contributed by atoms with Gasteiger partial charge in [-0.2, -0.15) is 18.2 Å². The fourth-order valence-electron chi connectivity index (χ4n) is 2.63. The summed E-state index contributed by atoms with van der Waals surface area (Å²) in [6, 6.07) is 5.90. The SMILES string of the molecule is Cc1c(Br)cc/c(=N\C(=O)c2cccc(C(F)(F)F)c2F)n1CC1CC1. The third-order valence-corrected chi connectivity index (χ3v) is 5.13. The number of carbonyl (C=O) groups is 1. The molecule has 0 saturated heterocycles. The molecule has 3 nitrogen and oxygen atoms in total. The zero-order valence-corrected chi connectivity index (χ0v) is 15.4. The van der Waals surface area contributed by atoms with Crippen LogP contribution in [0.5, 0.6) is 0 Å². The van der Waals surface area contributed by atoms with Crippen LogP contribution in [0.25, 0.3) is 0 Å². The molecule has 1 aliphatic carbocycles. The molecule has 0 spiro atoms. The summed E-state index contributed by atoms with van der Waals surface area (Å²) in [5.74, 6) is -2.15. The minimum atomic E-state index is -4.87. The van der Waals surface area contributed by atoms with Crippen molar-refractivity contribution in [2.75, 3.05) is 0 Å². The largest absolute Gasteiger partial charge is 0.419 e. The van der Waals surface area contributed by atoms with Crippen molar-refractivity contribution in [1.82, 2.24) is 4.57 Å². The molecule has 0 N–H and O–H groups in total. The molecule has 1 aromatic carbocycles. The highest BCUT2D eigenvalue weighted by atomic mass is 79.9. The lowest BCUT2D eigenvalue weighted by Crippen LogP contribution is -2.25. The van der Waals surface area contributed by atoms with E-state index < -0.39 is 29.0 Å². The molecule has 138 valence electrons. The summed E-state index contributed by atoms with van der Waals surface area (Å²) in [7, 11) is 0. The molecule has 0 radical (unpaired) electrons. The normalized spacial score (nSPS) is 15.4. The minimum absolute atomic E-state index is 0.291. The molecule has 1 heterocycles. The molecular formula is C18H15BrF4N2O. The molecular weight excluding hydrogens is 416 g/mol. The number of benzene rings is 1. The Bertz CT molecular complexity index is 930. The van der Waals surface area contributed by atoms with Crippen LogP contribution in [0.15, 0.2) is 39.8 Å². The van der Waals surface area contributed by atoms with Crippen LogP contribution in [0.3, 0.4) is 0 Å². The van der Waals surface area contributed by atoms with Crippen molar-refractivity contribution in [3.63, 3.8) is 0 Å². The van der Waals surface area contributed by atoms with E-state index in [1.54, 1.807) is 12.1 Å². The first-order chi connectivity index (χ1) is 12.2. The highest BCUT2D eigenvalue weighted by molar-refractivity contribution is 9.10. The highest BCUT2D eigenvalue weighted by Crippen LogP contribution is 2.33. The fourth-order valence-corrected chi connectivity index (χ4v) is 2.97. The number of alkyl halides is 3. The molecule has 26 heavy (non-hydrogen) atoms. The molecule has 1 fully saturated rings. The van der Waals surface area contributed by atoms with Crippen LogP contribution in [0.2, 0.25) is 0 Å². The van der Waals surface area contributed by atoms with Crippen LogP contribution >= 0.6 is 15.9 Å². The van der Waals surface area contributed by atoms with Gasteiger partial charge in [0.25, 0.3) is 5.91 Å². The molecule has 0 aliphatic heterocycles. The van der Waals surface area contributed by atoms with Crippen LogP contribution in [0.1, 0.15) is 34.5 Å². The van der Waals surface area contributed by atoms with E-state index in [4.69, 9.17) is 0 Å². The molecule has 0 bridgehead atoms. The van der Waals surface area contributed by atoms with E-state index in [1.807, 2.05) is 11.5 Å². The van der Waals surface area contributed by atoms with Gasteiger partial charge in [-0.15, -0.1) is 0 Å². The summed E-state index contributed by atoms with van der Waals surface area (Å²) >= 11 is 3.41. The van der Waals surface area contributed by atoms with Crippen molar-refractivity contribution >= 4 is 21.8 Å². The van der Waals surface area contributed by atoms with Crippen LogP contribution < -0.4 is 5.49 Å². The lowest BCUT2D eigenvalue weighted by atomic mass is 10.1. The second kappa shape index (κ2) is 6.98. The van der Waals surface area contributed by atoms with E-state index >= 15 is 0 Å². The summed E-state index contributed by atoms with van der Waals surface area (Å²) < 4.78 is 55.3. The Morgan fingerprint density at radius 2 is 1.96 bits per heavy atom. The average molecular weight is 431 g/mol. The summed E-state index contributed by atoms with van der Waals surface area (Å²) in [6.45, 7) is 2.50. The smallest absolute Gasteiger partial charge is 0.329 e. The fraction of sp³-hybridized carbons (Fsp3) is 0.333. The van der Waals surface area contributed by atoms with Gasteiger partial charge in [0.2, 0.25) is 0 Å². The Morgan fingerprint density at radius 1 is 1.27 bits per heavy atom. The van der Waals surface area contributed by atoms with Crippen LogP contribution in [0.4, 0.5) is 17.6 Å². The first-order valence-corrected chi connectivity index (χ1v) is 8.78. The molecule has 8 heteroatoms. The van der Waals surface area contributed by atoms with Crippen molar-refractivity contribution in [2.24, 2.45) is 10.9 Å². The number of halogens is 5. The lowest BCUT2D eigenvalue weighted by Gasteiger charge is -2.13. The number of hydrogen-bond donors (Lipinski definition) is 0. The molecule has 0 unspecified atom stereocenters. The summed E-state index contributed by atoms with van der Waals surface area (Å²) in [5, 5.41) is 0. The van der Waals surface area contributed by atoms with Crippen LogP contribution in [0, 0.1) is 18.7 Å². The Balaban J connectivity index is 2.06. The van der Waals surface area contributed by atoms with Gasteiger partial charge in [-0.25, -0.2) is 4.39 Å². The maximum absolute atomic E-state index is 14.2. The van der Waals surface area contributed by atoms with Gasteiger partial charge in [-0.3, -0.25) is 4.79 Å². The van der Waals surface area contributed by atoms with Crippen molar-refractivity contribution in [3.05, 3.63) is 62.9 Å². The van der Waals surface area contributed by atoms with Gasteiger partial charge in [-0.1, -0.05) is 6.07 Å². The van der Waals surface area contributed by atoms with Gasteiger partial charge >= 0.3 is 6.18 Å². The number of rotatable bonds is 3. The first kappa shape index (κ1) is 18.8. The quantitative estimate of drug-likeness (QED) is 0.639. The standard InChI is InChI=1S/C18H15BrF4N2O/c1-10-14(19)7-8-15(25(10)9-11-5-6-11)24-17(26)12-3-2-4-13(16(12)20)18(21,22)23/h2-4,7-8,11H,5-6,9H2,1H3/b24-15+. The van der Waals surface area contributed by atoms with Gasteiger partial charge in [0.15, 0.2) is 0 Å². The Kier molecular flexibility index (Phi) is 5.05. The topological polar surface area (TPSA) is 34.4 Å². The van der Waals surface area contributed by atoms with Crippen molar-refractivity contribution in [2.45, 2.75) is 32.5 Å². The number of hydrogen-bond acceptors (Lipinski definition) is 1. The predicted molar refractivity (Wildman–Crippen MR) is 90.9 cm³/mol. The van der Waals surface area contributed by atoms with E-state index in [2.05, 4.69) is 20.9 Å². The van der Waals surface area contributed by atoms with Crippen molar-refractivity contribution in [3.8, 4) is 0 Å². The number of aromatic nitrogens is 1. The lowest BCUT2D eigenvalue weighted by molar-refractivity contribution is -0.140. The molecule has 1 saturated carbocycles. The summed E-state index contributed by atoms with van der Waals surface area (Å²) in [4.78, 5) is 16.3. The number of carbonyl (C=O) groups excluding carboxylic acids is 1. The monoisotopic (exact) mass is 430 g/mol. The van der Waals surface area contributed by atoms with Gasteiger partial charge in [0.05, 0.1) is 11.1 Å². The minimum Gasteiger partial charge on any atom is -0.329 e. The number of pyridine rings is 1. The summed E-state index contributed by atoms with van der Waals surface area (Å²) in [5.41, 5.74) is -1.04. The van der Waals surface area contributed by atoms with Crippen LogP contribution in [-0.2, 0) is 12.7 Å². The van der Waals surface area contributed by atoms with Crippen LogP contribution in [-0.4, -0.2) is 10.5 Å². The maximum atomic E-state index is 14.2. The Hall–Kier alpha value is -1.96. The van der Waals surface area contributed by atoms with E-state index in [0.29, 0.717) is 24.0 Å². The zero-order chi connectivity index (χ0) is 19.1. The Morgan fingerprint density at radius 3 is 2.58 bits per heavy atom. The van der Waals surface area contributed by atoms with Gasteiger partial charge in [0.1, 0.15) is 11.3 Å². The molecule has 2 aromatic rings. The third-order valence-electron chi connectivity index (χ3n) is 4.29. The molecule has 1 amide bonds. The Labute approximate surface area is 155 Å². The van der Waals surface area contributed by atoms with E-state index in [0.717, 1.165) is 35.1 Å². The number of nitrogens with zero attached hydrogens (tertiary/aromatic N) is 2. The molecule has 3 rings (SSSR count). The molecule has 1 aromatic heterocycles. The van der Waals surface area contributed by atoms with E-state index in [-0.39, 0.29) is 0 Å².